The van der Waals surface area contributed by atoms with E-state index in [1.807, 2.05) is 0 Å². The highest BCUT2D eigenvalue weighted by Gasteiger charge is 2.00. The molecule has 0 amide bonds. The number of hydrogen-bond donors (Lipinski definition) is 1. The summed E-state index contributed by atoms with van der Waals surface area (Å²) < 4.78 is 25.0. The number of pyridine rings is 1. The number of aromatic nitrogens is 1. The lowest BCUT2D eigenvalue weighted by Gasteiger charge is -1.94. The van der Waals surface area contributed by atoms with Crippen molar-refractivity contribution in [3.63, 3.8) is 0 Å². The van der Waals surface area contributed by atoms with Gasteiger partial charge in [-0.15, -0.1) is 0 Å². The fourth-order valence-electron chi connectivity index (χ4n) is 0.727. The number of nitrogens with zero attached hydrogens (tertiary/aromatic N) is 1. The Bertz CT molecular complexity index is 299. The molecule has 1 nitrogen and oxygen atoms in total. The van der Waals surface area contributed by atoms with Crippen molar-refractivity contribution in [3.8, 4) is 0 Å². The molecule has 4 heteroatoms. The first-order valence-electron chi connectivity index (χ1n) is 3.33. The summed E-state index contributed by atoms with van der Waals surface area (Å²) in [5.41, 5.74) is 0.269. The van der Waals surface area contributed by atoms with Crippen molar-refractivity contribution < 1.29 is 8.78 Å². The Morgan fingerprint density at radius 2 is 2.17 bits per heavy atom. The summed E-state index contributed by atoms with van der Waals surface area (Å²) in [6.07, 6.45) is 3.16. The molecule has 1 aromatic heterocycles. The van der Waals surface area contributed by atoms with Gasteiger partial charge in [-0.05, 0) is 12.1 Å². The summed E-state index contributed by atoms with van der Waals surface area (Å²) in [5.74, 6) is -1.10. The molecule has 0 atom stereocenters. The molecule has 12 heavy (non-hydrogen) atoms. The average Bonchev–Trinajstić information content (AvgIpc) is 2.03. The van der Waals surface area contributed by atoms with Crippen molar-refractivity contribution >= 4 is 18.7 Å². The van der Waals surface area contributed by atoms with Gasteiger partial charge in [0.05, 0.1) is 0 Å². The van der Waals surface area contributed by atoms with Gasteiger partial charge in [0.1, 0.15) is 0 Å². The summed E-state index contributed by atoms with van der Waals surface area (Å²) in [6.45, 7) is 0. The molecule has 64 valence electrons. The van der Waals surface area contributed by atoms with Crippen LogP contribution in [0, 0.1) is 11.9 Å². The Hall–Kier alpha value is -0.900. The Balaban J connectivity index is 2.94. The minimum Gasteiger partial charge on any atom is -0.190 e. The molecule has 0 radical (unpaired) electrons. The fourth-order valence-corrected chi connectivity index (χ4v) is 0.832. The summed E-state index contributed by atoms with van der Waals surface area (Å²) >= 11 is 3.90. The van der Waals surface area contributed by atoms with Gasteiger partial charge in [0.2, 0.25) is 11.9 Å². The maximum Gasteiger partial charge on any atom is 0.222 e. The van der Waals surface area contributed by atoms with Crippen molar-refractivity contribution in [2.45, 2.75) is 0 Å². The second-order valence-corrected chi connectivity index (χ2v) is 2.46. The van der Waals surface area contributed by atoms with Gasteiger partial charge < -0.3 is 0 Å². The zero-order chi connectivity index (χ0) is 8.97. The third kappa shape index (κ3) is 2.30. The molecular formula is C8H7F2NS. The Labute approximate surface area is 74.5 Å². The smallest absolute Gasteiger partial charge is 0.190 e. The van der Waals surface area contributed by atoms with Gasteiger partial charge in [-0.1, -0.05) is 12.2 Å². The molecular weight excluding hydrogens is 180 g/mol. The van der Waals surface area contributed by atoms with Gasteiger partial charge in [-0.25, -0.2) is 0 Å². The highest BCUT2D eigenvalue weighted by atomic mass is 32.1. The number of thiol groups is 1. The van der Waals surface area contributed by atoms with E-state index in [2.05, 4.69) is 17.6 Å². The van der Waals surface area contributed by atoms with Gasteiger partial charge in [-0.2, -0.15) is 26.4 Å². The second-order valence-electron chi connectivity index (χ2n) is 2.10. The third-order valence-corrected chi connectivity index (χ3v) is 1.46. The minimum absolute atomic E-state index is 0.269. The number of rotatable bonds is 2. The van der Waals surface area contributed by atoms with Crippen LogP contribution in [0.15, 0.2) is 18.2 Å². The fraction of sp³-hybridized carbons (Fsp3) is 0.125. The Kier molecular flexibility index (Phi) is 3.22. The summed E-state index contributed by atoms with van der Waals surface area (Å²) in [7, 11) is 0. The lowest BCUT2D eigenvalue weighted by atomic mass is 10.2. The SMILES string of the molecule is Fc1ccc(C=CCS)c(F)n1. The topological polar surface area (TPSA) is 12.9 Å². The number of halogens is 2. The largest absolute Gasteiger partial charge is 0.222 e. The molecule has 1 aromatic rings. The monoisotopic (exact) mass is 187 g/mol. The zero-order valence-corrected chi connectivity index (χ0v) is 7.06. The first kappa shape index (κ1) is 9.19. The van der Waals surface area contributed by atoms with Crippen molar-refractivity contribution in [1.29, 1.82) is 0 Å². The molecule has 0 aliphatic carbocycles. The lowest BCUT2D eigenvalue weighted by molar-refractivity contribution is 0.511. The van der Waals surface area contributed by atoms with E-state index in [-0.39, 0.29) is 5.56 Å². The van der Waals surface area contributed by atoms with Crippen LogP contribution in [-0.2, 0) is 0 Å². The molecule has 0 N–H and O–H groups in total. The molecule has 1 heterocycles. The maximum absolute atomic E-state index is 12.7. The van der Waals surface area contributed by atoms with E-state index in [0.717, 1.165) is 6.07 Å². The normalized spacial score (nSPS) is 10.9. The highest BCUT2D eigenvalue weighted by molar-refractivity contribution is 7.80. The molecule has 0 saturated carbocycles. The van der Waals surface area contributed by atoms with Crippen LogP contribution in [0.1, 0.15) is 5.56 Å². The molecule has 0 unspecified atom stereocenters. The highest BCUT2D eigenvalue weighted by Crippen LogP contribution is 2.07. The predicted molar refractivity (Wildman–Crippen MR) is 47.0 cm³/mol. The van der Waals surface area contributed by atoms with Gasteiger partial charge in [0.25, 0.3) is 0 Å². The summed E-state index contributed by atoms with van der Waals surface area (Å²) in [6, 6.07) is 2.44. The van der Waals surface area contributed by atoms with Crippen molar-refractivity contribution in [2.24, 2.45) is 0 Å². The van der Waals surface area contributed by atoms with Crippen molar-refractivity contribution in [3.05, 3.63) is 35.7 Å². The lowest BCUT2D eigenvalue weighted by Crippen LogP contribution is -1.90. The van der Waals surface area contributed by atoms with Crippen LogP contribution in [-0.4, -0.2) is 10.7 Å². The van der Waals surface area contributed by atoms with E-state index in [9.17, 15) is 8.78 Å². The Morgan fingerprint density at radius 1 is 1.42 bits per heavy atom. The van der Waals surface area contributed by atoms with Crippen molar-refractivity contribution in [2.75, 3.05) is 5.75 Å². The van der Waals surface area contributed by atoms with Gasteiger partial charge in [0.15, 0.2) is 0 Å². The van der Waals surface area contributed by atoms with Crippen LogP contribution in [0.5, 0.6) is 0 Å². The molecule has 0 aliphatic rings. The Morgan fingerprint density at radius 3 is 2.75 bits per heavy atom. The van der Waals surface area contributed by atoms with Crippen LogP contribution in [0.2, 0.25) is 0 Å². The van der Waals surface area contributed by atoms with E-state index in [1.54, 1.807) is 6.08 Å². The molecule has 0 bridgehead atoms. The van der Waals surface area contributed by atoms with E-state index >= 15 is 0 Å². The number of hydrogen-bond acceptors (Lipinski definition) is 2. The van der Waals surface area contributed by atoms with E-state index in [0.29, 0.717) is 5.75 Å². The van der Waals surface area contributed by atoms with E-state index in [4.69, 9.17) is 0 Å². The van der Waals surface area contributed by atoms with Crippen molar-refractivity contribution in [1.82, 2.24) is 4.98 Å². The van der Waals surface area contributed by atoms with Crippen LogP contribution in [0.25, 0.3) is 6.08 Å². The molecule has 1 rings (SSSR count). The van der Waals surface area contributed by atoms with Gasteiger partial charge >= 0.3 is 0 Å². The standard InChI is InChI=1S/C8H7F2NS/c9-7-4-3-6(2-1-5-12)8(10)11-7/h1-4,12H,5H2. The minimum atomic E-state index is -0.810. The zero-order valence-electron chi connectivity index (χ0n) is 6.17. The summed E-state index contributed by atoms with van der Waals surface area (Å²) in [5, 5.41) is 0. The van der Waals surface area contributed by atoms with E-state index < -0.39 is 11.9 Å². The first-order chi connectivity index (χ1) is 5.74. The van der Waals surface area contributed by atoms with Gasteiger partial charge in [-0.3, -0.25) is 0 Å². The molecule has 0 fully saturated rings. The van der Waals surface area contributed by atoms with Gasteiger partial charge in [0, 0.05) is 11.3 Å². The average molecular weight is 187 g/mol. The molecule has 0 aromatic carbocycles. The van der Waals surface area contributed by atoms with Crippen LogP contribution >= 0.6 is 12.6 Å². The van der Waals surface area contributed by atoms with Crippen LogP contribution in [0.3, 0.4) is 0 Å². The maximum atomic E-state index is 12.7. The second kappa shape index (κ2) is 4.21. The summed E-state index contributed by atoms with van der Waals surface area (Å²) in [4.78, 5) is 3.02. The quantitative estimate of drug-likeness (QED) is 0.553. The first-order valence-corrected chi connectivity index (χ1v) is 3.96. The van der Waals surface area contributed by atoms with Crippen LogP contribution < -0.4 is 0 Å². The molecule has 0 aliphatic heterocycles. The van der Waals surface area contributed by atoms with E-state index in [1.165, 1.54) is 12.1 Å². The third-order valence-electron chi connectivity index (χ3n) is 1.25. The van der Waals surface area contributed by atoms with Crippen LogP contribution in [0.4, 0.5) is 8.78 Å². The predicted octanol–water partition coefficient (Wildman–Crippen LogP) is 2.30. The molecule has 0 saturated heterocycles. The molecule has 0 spiro atoms.